The summed E-state index contributed by atoms with van der Waals surface area (Å²) in [6.07, 6.45) is 2.46. The van der Waals surface area contributed by atoms with Gasteiger partial charge in [0.2, 0.25) is 0 Å². The van der Waals surface area contributed by atoms with Gasteiger partial charge in [-0.25, -0.2) is 4.68 Å². The van der Waals surface area contributed by atoms with Crippen LogP contribution in [0.1, 0.15) is 38.1 Å². The van der Waals surface area contributed by atoms with Gasteiger partial charge in [0, 0.05) is 12.2 Å². The van der Waals surface area contributed by atoms with E-state index in [-0.39, 0.29) is 0 Å². The fourth-order valence-electron chi connectivity index (χ4n) is 2.67. The Balaban J connectivity index is 1.88. The standard InChI is InChI=1S/C19H27Cl2N3O/c1-4-6-9-23(5-2)10-11-25-14-16-12-15(3)24(22-16)17-7-8-18(20)19(21)13-17/h7-8,12-13H,4-6,9-11,14H2,1-3H3. The molecule has 138 valence electrons. The van der Waals surface area contributed by atoms with Crippen LogP contribution in [-0.2, 0) is 11.3 Å². The van der Waals surface area contributed by atoms with E-state index >= 15 is 0 Å². The van der Waals surface area contributed by atoms with Crippen molar-refractivity contribution in [3.8, 4) is 5.69 Å². The highest BCUT2D eigenvalue weighted by Crippen LogP contribution is 2.25. The van der Waals surface area contributed by atoms with Gasteiger partial charge in [-0.05, 0) is 50.7 Å². The average molecular weight is 384 g/mol. The van der Waals surface area contributed by atoms with E-state index in [0.29, 0.717) is 16.7 Å². The lowest BCUT2D eigenvalue weighted by Gasteiger charge is -2.19. The maximum Gasteiger partial charge on any atom is 0.0907 e. The van der Waals surface area contributed by atoms with E-state index in [1.165, 1.54) is 12.8 Å². The van der Waals surface area contributed by atoms with Crippen LogP contribution in [0.5, 0.6) is 0 Å². The number of aryl methyl sites for hydroxylation is 1. The van der Waals surface area contributed by atoms with Gasteiger partial charge in [0.05, 0.1) is 34.6 Å². The van der Waals surface area contributed by atoms with E-state index in [4.69, 9.17) is 27.9 Å². The molecular formula is C19H27Cl2N3O. The molecule has 0 aliphatic carbocycles. The predicted octanol–water partition coefficient (Wildman–Crippen LogP) is 5.13. The Kier molecular flexibility index (Phi) is 8.24. The number of nitrogens with zero attached hydrogens (tertiary/aromatic N) is 3. The lowest BCUT2D eigenvalue weighted by Crippen LogP contribution is -2.28. The van der Waals surface area contributed by atoms with Crippen molar-refractivity contribution < 1.29 is 4.74 Å². The van der Waals surface area contributed by atoms with E-state index in [9.17, 15) is 0 Å². The molecule has 0 radical (unpaired) electrons. The smallest absolute Gasteiger partial charge is 0.0907 e. The number of ether oxygens (including phenoxy) is 1. The highest BCUT2D eigenvalue weighted by molar-refractivity contribution is 6.42. The monoisotopic (exact) mass is 383 g/mol. The van der Waals surface area contributed by atoms with Crippen LogP contribution in [-0.4, -0.2) is 40.9 Å². The van der Waals surface area contributed by atoms with Gasteiger partial charge in [-0.15, -0.1) is 0 Å². The average Bonchev–Trinajstić information content (AvgIpc) is 2.97. The topological polar surface area (TPSA) is 30.3 Å². The minimum absolute atomic E-state index is 0.514. The van der Waals surface area contributed by atoms with Gasteiger partial charge in [-0.2, -0.15) is 5.10 Å². The van der Waals surface area contributed by atoms with Crippen LogP contribution < -0.4 is 0 Å². The van der Waals surface area contributed by atoms with E-state index in [1.807, 2.05) is 29.8 Å². The van der Waals surface area contributed by atoms with Crippen LogP contribution in [0.4, 0.5) is 0 Å². The summed E-state index contributed by atoms with van der Waals surface area (Å²) in [5.41, 5.74) is 2.85. The lowest BCUT2D eigenvalue weighted by atomic mass is 10.3. The fraction of sp³-hybridized carbons (Fsp3) is 0.526. The second-order valence-electron chi connectivity index (χ2n) is 6.13. The molecule has 1 aromatic heterocycles. The maximum absolute atomic E-state index is 6.10. The van der Waals surface area contributed by atoms with Crippen molar-refractivity contribution in [3.63, 3.8) is 0 Å². The molecule has 1 aromatic carbocycles. The molecule has 4 nitrogen and oxygen atoms in total. The Bertz CT molecular complexity index is 673. The van der Waals surface area contributed by atoms with Crippen LogP contribution in [0, 0.1) is 6.92 Å². The summed E-state index contributed by atoms with van der Waals surface area (Å²) in [5, 5.41) is 5.68. The Hall–Kier alpha value is -1.07. The van der Waals surface area contributed by atoms with Crippen molar-refractivity contribution in [2.45, 2.75) is 40.2 Å². The van der Waals surface area contributed by atoms with E-state index < -0.39 is 0 Å². The highest BCUT2D eigenvalue weighted by atomic mass is 35.5. The molecule has 0 amide bonds. The first-order chi connectivity index (χ1) is 12.0. The number of likely N-dealkylation sites (N-methyl/N-ethyl adjacent to an activating group) is 1. The van der Waals surface area contributed by atoms with Gasteiger partial charge in [-0.1, -0.05) is 43.5 Å². The Labute approximate surface area is 160 Å². The van der Waals surface area contributed by atoms with Crippen LogP contribution in [0.3, 0.4) is 0 Å². The molecule has 0 fully saturated rings. The number of benzene rings is 1. The molecule has 0 atom stereocenters. The number of aromatic nitrogens is 2. The van der Waals surface area contributed by atoms with E-state index in [2.05, 4.69) is 23.8 Å². The zero-order chi connectivity index (χ0) is 18.2. The molecule has 0 aliphatic rings. The van der Waals surface area contributed by atoms with Crippen molar-refractivity contribution in [1.29, 1.82) is 0 Å². The van der Waals surface area contributed by atoms with Gasteiger partial charge in [0.15, 0.2) is 0 Å². The van der Waals surface area contributed by atoms with Crippen LogP contribution >= 0.6 is 23.2 Å². The molecule has 0 aliphatic heterocycles. The summed E-state index contributed by atoms with van der Waals surface area (Å²) in [4.78, 5) is 2.42. The number of halogens is 2. The number of rotatable bonds is 10. The predicted molar refractivity (Wildman–Crippen MR) is 105 cm³/mol. The van der Waals surface area contributed by atoms with Crippen LogP contribution in [0.15, 0.2) is 24.3 Å². The first-order valence-electron chi connectivity index (χ1n) is 8.86. The zero-order valence-electron chi connectivity index (χ0n) is 15.3. The number of unbranched alkanes of at least 4 members (excludes halogenated alkanes) is 1. The summed E-state index contributed by atoms with van der Waals surface area (Å²) in [5.74, 6) is 0. The Morgan fingerprint density at radius 3 is 2.60 bits per heavy atom. The minimum Gasteiger partial charge on any atom is -0.374 e. The van der Waals surface area contributed by atoms with Gasteiger partial charge in [0.1, 0.15) is 0 Å². The summed E-state index contributed by atoms with van der Waals surface area (Å²) in [6, 6.07) is 7.55. The molecule has 0 unspecified atom stereocenters. The van der Waals surface area contributed by atoms with Gasteiger partial charge >= 0.3 is 0 Å². The molecule has 0 saturated carbocycles. The SMILES string of the molecule is CCCCN(CC)CCOCc1cc(C)n(-c2ccc(Cl)c(Cl)c2)n1. The zero-order valence-corrected chi connectivity index (χ0v) is 16.8. The molecule has 0 spiro atoms. The third-order valence-electron chi connectivity index (χ3n) is 4.16. The van der Waals surface area contributed by atoms with Crippen molar-refractivity contribution in [2.24, 2.45) is 0 Å². The van der Waals surface area contributed by atoms with Gasteiger partial charge < -0.3 is 9.64 Å². The second kappa shape index (κ2) is 10.2. The highest BCUT2D eigenvalue weighted by Gasteiger charge is 2.09. The molecular weight excluding hydrogens is 357 g/mol. The molecule has 0 saturated heterocycles. The second-order valence-corrected chi connectivity index (χ2v) is 6.94. The summed E-state index contributed by atoms with van der Waals surface area (Å²) in [6.45, 7) is 10.8. The molecule has 2 aromatic rings. The maximum atomic E-state index is 6.10. The van der Waals surface area contributed by atoms with Crippen molar-refractivity contribution in [3.05, 3.63) is 45.7 Å². The van der Waals surface area contributed by atoms with Crippen LogP contribution in [0.25, 0.3) is 5.69 Å². The normalized spacial score (nSPS) is 11.4. The third kappa shape index (κ3) is 6.00. The molecule has 0 bridgehead atoms. The molecule has 0 N–H and O–H groups in total. The number of hydrogen-bond donors (Lipinski definition) is 0. The third-order valence-corrected chi connectivity index (χ3v) is 4.90. The first kappa shape index (κ1) is 20.2. The van der Waals surface area contributed by atoms with Gasteiger partial charge in [0.25, 0.3) is 0 Å². The van der Waals surface area contributed by atoms with Crippen molar-refractivity contribution in [2.75, 3.05) is 26.2 Å². The Morgan fingerprint density at radius 2 is 1.92 bits per heavy atom. The number of hydrogen-bond acceptors (Lipinski definition) is 3. The first-order valence-corrected chi connectivity index (χ1v) is 9.61. The van der Waals surface area contributed by atoms with Crippen molar-refractivity contribution in [1.82, 2.24) is 14.7 Å². The fourth-order valence-corrected chi connectivity index (χ4v) is 2.96. The Morgan fingerprint density at radius 1 is 1.12 bits per heavy atom. The van der Waals surface area contributed by atoms with Gasteiger partial charge in [-0.3, -0.25) is 0 Å². The molecule has 6 heteroatoms. The lowest BCUT2D eigenvalue weighted by molar-refractivity contribution is 0.0915. The summed E-state index contributed by atoms with van der Waals surface area (Å²) < 4.78 is 7.68. The molecule has 2 rings (SSSR count). The van der Waals surface area contributed by atoms with Crippen molar-refractivity contribution >= 4 is 23.2 Å². The largest absolute Gasteiger partial charge is 0.374 e. The minimum atomic E-state index is 0.514. The van der Waals surface area contributed by atoms with E-state index in [0.717, 1.165) is 43.3 Å². The van der Waals surface area contributed by atoms with Crippen LogP contribution in [0.2, 0.25) is 10.0 Å². The molecule has 25 heavy (non-hydrogen) atoms. The molecule has 1 heterocycles. The summed E-state index contributed by atoms with van der Waals surface area (Å²) >= 11 is 12.1. The van der Waals surface area contributed by atoms with E-state index in [1.54, 1.807) is 6.07 Å². The quantitative estimate of drug-likeness (QED) is 0.532. The summed E-state index contributed by atoms with van der Waals surface area (Å²) in [7, 11) is 0.